The predicted octanol–water partition coefficient (Wildman–Crippen LogP) is 2.67. The third-order valence-electron chi connectivity index (χ3n) is 6.85. The minimum Gasteiger partial charge on any atom is -0.398 e. The third-order valence-corrected chi connectivity index (χ3v) is 8.24. The number of anilines is 2. The highest BCUT2D eigenvalue weighted by molar-refractivity contribution is 7.94. The Labute approximate surface area is 212 Å². The van der Waals surface area contributed by atoms with Crippen LogP contribution in [-0.2, 0) is 9.84 Å². The van der Waals surface area contributed by atoms with Crippen LogP contribution in [0.15, 0.2) is 52.7 Å². The third kappa shape index (κ3) is 4.65. The summed E-state index contributed by atoms with van der Waals surface area (Å²) in [5.41, 5.74) is 7.56. The fourth-order valence-electron chi connectivity index (χ4n) is 4.71. The van der Waals surface area contributed by atoms with E-state index >= 15 is 0 Å². The van der Waals surface area contributed by atoms with Crippen LogP contribution in [0.3, 0.4) is 0 Å². The van der Waals surface area contributed by atoms with Crippen LogP contribution in [0.4, 0.5) is 11.4 Å². The van der Waals surface area contributed by atoms with Crippen LogP contribution in [0.2, 0.25) is 0 Å². The van der Waals surface area contributed by atoms with E-state index in [0.29, 0.717) is 33.4 Å². The van der Waals surface area contributed by atoms with Gasteiger partial charge in [0, 0.05) is 22.9 Å². The number of aromatic nitrogens is 1. The van der Waals surface area contributed by atoms with E-state index in [0.717, 1.165) is 36.4 Å². The van der Waals surface area contributed by atoms with Crippen molar-refractivity contribution < 1.29 is 18.0 Å². The Morgan fingerprint density at radius 1 is 1.14 bits per heavy atom. The molecule has 0 saturated heterocycles. The number of amides is 2. The maximum atomic E-state index is 13.6. The highest BCUT2D eigenvalue weighted by Crippen LogP contribution is 2.40. The minimum atomic E-state index is -3.37. The second-order valence-electron chi connectivity index (χ2n) is 9.28. The lowest BCUT2D eigenvalue weighted by Gasteiger charge is -2.28. The van der Waals surface area contributed by atoms with Gasteiger partial charge >= 0.3 is 0 Å². The Hall–Kier alpha value is -4.25. The van der Waals surface area contributed by atoms with Gasteiger partial charge < -0.3 is 26.8 Å². The van der Waals surface area contributed by atoms with Crippen molar-refractivity contribution in [2.45, 2.75) is 31.2 Å². The zero-order valence-electron chi connectivity index (χ0n) is 19.7. The first-order chi connectivity index (χ1) is 17.7. The molecule has 5 rings (SSSR count). The highest BCUT2D eigenvalue weighted by Gasteiger charge is 2.28. The Bertz CT molecular complexity index is 1650. The van der Waals surface area contributed by atoms with E-state index in [-0.39, 0.29) is 17.2 Å². The van der Waals surface area contributed by atoms with Crippen LogP contribution in [0.1, 0.15) is 57.0 Å². The molecule has 37 heavy (non-hydrogen) atoms. The number of hydrogen-bond donors (Lipinski definition) is 5. The Morgan fingerprint density at radius 3 is 2.57 bits per heavy atom. The molecule has 3 aromatic rings. The van der Waals surface area contributed by atoms with Crippen LogP contribution < -0.4 is 21.9 Å². The summed E-state index contributed by atoms with van der Waals surface area (Å²) in [6.07, 6.45) is 5.31. The van der Waals surface area contributed by atoms with Gasteiger partial charge in [0.25, 0.3) is 17.4 Å². The summed E-state index contributed by atoms with van der Waals surface area (Å²) in [5, 5.41) is 14.6. The number of H-pyrrole nitrogens is 1. The van der Waals surface area contributed by atoms with E-state index in [2.05, 4.69) is 15.6 Å². The van der Waals surface area contributed by atoms with Gasteiger partial charge in [-0.2, -0.15) is 0 Å². The highest BCUT2D eigenvalue weighted by atomic mass is 32.2. The summed E-state index contributed by atoms with van der Waals surface area (Å²) >= 11 is 0. The number of pyridine rings is 1. The van der Waals surface area contributed by atoms with E-state index < -0.39 is 33.3 Å². The molecular weight excluding hydrogens is 494 g/mol. The summed E-state index contributed by atoms with van der Waals surface area (Å²) in [5.74, 6) is -1.27. The number of nitrogen functional groups attached to an aromatic ring is 1. The smallest absolute Gasteiger partial charge is 0.261 e. The average Bonchev–Trinajstić information content (AvgIpc) is 3.15. The zero-order chi connectivity index (χ0) is 26.3. The van der Waals surface area contributed by atoms with E-state index in [1.807, 2.05) is 6.07 Å². The molecule has 2 heterocycles. The normalized spacial score (nSPS) is 18.3. The fraction of sp³-hybridized carbons (Fsp3) is 0.231. The molecule has 190 valence electrons. The van der Waals surface area contributed by atoms with E-state index in [1.165, 1.54) is 12.1 Å². The standard InChI is InChI=1S/C26H25N5O5S/c27-12-19-20(28)5-2-6-21(19)30-26(34)22-17(14-3-1-4-14)8-7-15-11-18(25(33)31-23(15)22)24(32)29-16-9-10-37(35,36)13-16/h2,5-12,14,16,27H,1,3-4,13,28H2,(H,29,32)(H,30,34)(H,31,33)/t16-/m1/s1. The van der Waals surface area contributed by atoms with Gasteiger partial charge in [-0.05, 0) is 54.0 Å². The monoisotopic (exact) mass is 519 g/mol. The Morgan fingerprint density at radius 2 is 1.92 bits per heavy atom. The van der Waals surface area contributed by atoms with Gasteiger partial charge in [-0.25, -0.2) is 8.42 Å². The number of nitrogens with one attached hydrogen (secondary N) is 4. The van der Waals surface area contributed by atoms with Crippen LogP contribution in [0, 0.1) is 5.41 Å². The molecule has 11 heteroatoms. The molecule has 2 aliphatic rings. The number of rotatable bonds is 6. The summed E-state index contributed by atoms with van der Waals surface area (Å²) < 4.78 is 23.3. The Balaban J connectivity index is 1.55. The number of nitrogens with two attached hydrogens (primary N) is 1. The molecular formula is C26H25N5O5S. The molecule has 6 N–H and O–H groups in total. The fourth-order valence-corrected chi connectivity index (χ4v) is 5.95. The zero-order valence-corrected chi connectivity index (χ0v) is 20.5. The second kappa shape index (κ2) is 9.32. The summed E-state index contributed by atoms with van der Waals surface area (Å²) in [4.78, 5) is 42.1. The molecule has 10 nitrogen and oxygen atoms in total. The molecule has 1 aliphatic heterocycles. The molecule has 1 atom stereocenters. The topological polar surface area (TPSA) is 175 Å². The van der Waals surface area contributed by atoms with Gasteiger partial charge in [0.2, 0.25) is 0 Å². The van der Waals surface area contributed by atoms with Crippen molar-refractivity contribution >= 4 is 50.1 Å². The maximum Gasteiger partial charge on any atom is 0.261 e. The van der Waals surface area contributed by atoms with Gasteiger partial charge in [0.1, 0.15) is 5.56 Å². The van der Waals surface area contributed by atoms with Crippen LogP contribution >= 0.6 is 0 Å². The molecule has 1 aliphatic carbocycles. The molecule has 1 aromatic heterocycles. The first kappa shape index (κ1) is 24.4. The van der Waals surface area contributed by atoms with Crippen molar-refractivity contribution in [2.24, 2.45) is 0 Å². The Kier molecular flexibility index (Phi) is 6.16. The first-order valence-corrected chi connectivity index (χ1v) is 13.5. The number of sulfone groups is 1. The lowest BCUT2D eigenvalue weighted by molar-refractivity contribution is 0.0945. The minimum absolute atomic E-state index is 0.163. The maximum absolute atomic E-state index is 13.6. The van der Waals surface area contributed by atoms with Gasteiger partial charge in [0.05, 0.1) is 28.6 Å². The molecule has 1 saturated carbocycles. The van der Waals surface area contributed by atoms with Crippen LogP contribution in [0.25, 0.3) is 10.9 Å². The average molecular weight is 520 g/mol. The van der Waals surface area contributed by atoms with E-state index in [1.54, 1.807) is 24.3 Å². The quantitative estimate of drug-likeness (QED) is 0.247. The van der Waals surface area contributed by atoms with Gasteiger partial charge in [-0.15, -0.1) is 0 Å². The molecule has 1 fully saturated rings. The number of carbonyl (C=O) groups excluding carboxylic acids is 2. The van der Waals surface area contributed by atoms with Crippen molar-refractivity contribution in [1.29, 1.82) is 5.41 Å². The number of benzene rings is 2. The molecule has 0 spiro atoms. The van der Waals surface area contributed by atoms with Crippen molar-refractivity contribution in [3.05, 3.63) is 80.5 Å². The van der Waals surface area contributed by atoms with E-state index in [9.17, 15) is 22.8 Å². The molecule has 0 radical (unpaired) electrons. The number of aromatic amines is 1. The second-order valence-corrected chi connectivity index (χ2v) is 11.2. The first-order valence-electron chi connectivity index (χ1n) is 11.8. The van der Waals surface area contributed by atoms with Crippen LogP contribution in [-0.4, -0.2) is 43.2 Å². The summed E-state index contributed by atoms with van der Waals surface area (Å²) in [7, 11) is -3.37. The molecule has 0 unspecified atom stereocenters. The van der Waals surface area contributed by atoms with Crippen molar-refractivity contribution in [1.82, 2.24) is 10.3 Å². The predicted molar refractivity (Wildman–Crippen MR) is 142 cm³/mol. The lowest BCUT2D eigenvalue weighted by atomic mass is 9.77. The molecule has 2 aromatic carbocycles. The van der Waals surface area contributed by atoms with Crippen molar-refractivity contribution in [2.75, 3.05) is 16.8 Å². The summed E-state index contributed by atoms with van der Waals surface area (Å²) in [6.45, 7) is 0. The summed E-state index contributed by atoms with van der Waals surface area (Å²) in [6, 6.07) is 9.23. The molecule has 0 bridgehead atoms. The van der Waals surface area contributed by atoms with Gasteiger partial charge in [-0.3, -0.25) is 14.4 Å². The number of hydrogen-bond acceptors (Lipinski definition) is 7. The van der Waals surface area contributed by atoms with Crippen molar-refractivity contribution in [3.63, 3.8) is 0 Å². The largest absolute Gasteiger partial charge is 0.398 e. The lowest BCUT2D eigenvalue weighted by Crippen LogP contribution is -2.38. The molecule has 2 amide bonds. The van der Waals surface area contributed by atoms with Gasteiger partial charge in [0.15, 0.2) is 9.84 Å². The number of fused-ring (bicyclic) bond motifs is 1. The van der Waals surface area contributed by atoms with Gasteiger partial charge in [-0.1, -0.05) is 24.6 Å². The number of carbonyl (C=O) groups is 2. The van der Waals surface area contributed by atoms with Crippen molar-refractivity contribution in [3.8, 4) is 0 Å². The van der Waals surface area contributed by atoms with E-state index in [4.69, 9.17) is 11.1 Å². The SMILES string of the molecule is N=Cc1c(N)cccc1NC(=O)c1c(C2CCC2)ccc2cc(C(=O)N[C@@H]3C=CS(=O)(=O)C3)c(=O)[nH]c12. The van der Waals surface area contributed by atoms with Crippen LogP contribution in [0.5, 0.6) is 0 Å².